The van der Waals surface area contributed by atoms with Gasteiger partial charge in [0.1, 0.15) is 5.82 Å². The molecular weight excluding hydrogens is 188 g/mol. The highest BCUT2D eigenvalue weighted by Gasteiger charge is 2.06. The van der Waals surface area contributed by atoms with Crippen molar-refractivity contribution in [2.75, 3.05) is 5.73 Å². The number of anilines is 1. The van der Waals surface area contributed by atoms with Crippen LogP contribution in [0.15, 0.2) is 6.20 Å². The zero-order valence-corrected chi connectivity index (χ0v) is 8.72. The van der Waals surface area contributed by atoms with Crippen molar-refractivity contribution in [2.45, 2.75) is 20.8 Å². The van der Waals surface area contributed by atoms with Crippen LogP contribution in [-0.2, 0) is 0 Å². The van der Waals surface area contributed by atoms with Gasteiger partial charge in [-0.2, -0.15) is 0 Å². The van der Waals surface area contributed by atoms with Gasteiger partial charge in [-0.1, -0.05) is 25.4 Å². The Morgan fingerprint density at radius 3 is 2.46 bits per heavy atom. The first kappa shape index (κ1) is 11.9. The quantitative estimate of drug-likeness (QED) is 0.709. The molecule has 0 atom stereocenters. The normalized spacial score (nSPS) is 8.62. The number of carbonyl (C=O) groups is 1. The molecule has 0 aliphatic heterocycles. The summed E-state index contributed by atoms with van der Waals surface area (Å²) in [5.74, 6) is 0.176. The minimum atomic E-state index is 0.176. The van der Waals surface area contributed by atoms with Crippen LogP contribution in [0.1, 0.15) is 29.8 Å². The molecule has 13 heavy (non-hydrogen) atoms. The molecule has 72 valence electrons. The second-order valence-corrected chi connectivity index (χ2v) is 2.55. The van der Waals surface area contributed by atoms with Crippen molar-refractivity contribution in [2.24, 2.45) is 0 Å². The Hall–Kier alpha value is -1.09. The SMILES string of the molecule is CC.Cc1cnc(N)c(C=O)c1Cl. The topological polar surface area (TPSA) is 56.0 Å². The van der Waals surface area contributed by atoms with Crippen LogP contribution in [0.4, 0.5) is 5.82 Å². The number of aromatic nitrogens is 1. The average Bonchev–Trinajstić information content (AvgIpc) is 2.16. The summed E-state index contributed by atoms with van der Waals surface area (Å²) in [4.78, 5) is 14.2. The summed E-state index contributed by atoms with van der Waals surface area (Å²) in [6, 6.07) is 0. The molecule has 2 N–H and O–H groups in total. The lowest BCUT2D eigenvalue weighted by Gasteiger charge is -2.01. The second-order valence-electron chi connectivity index (χ2n) is 2.17. The molecule has 0 unspecified atom stereocenters. The van der Waals surface area contributed by atoms with Crippen LogP contribution in [0, 0.1) is 6.92 Å². The molecule has 0 bridgehead atoms. The van der Waals surface area contributed by atoms with E-state index in [1.165, 1.54) is 6.20 Å². The van der Waals surface area contributed by atoms with Gasteiger partial charge in [-0.15, -0.1) is 0 Å². The van der Waals surface area contributed by atoms with Crippen LogP contribution < -0.4 is 5.73 Å². The summed E-state index contributed by atoms with van der Waals surface area (Å²) in [6.07, 6.45) is 2.14. The van der Waals surface area contributed by atoms with E-state index in [0.717, 1.165) is 5.56 Å². The Morgan fingerprint density at radius 2 is 2.08 bits per heavy atom. The van der Waals surface area contributed by atoms with Gasteiger partial charge in [-0.3, -0.25) is 4.79 Å². The summed E-state index contributed by atoms with van der Waals surface area (Å²) in [6.45, 7) is 5.77. The molecule has 0 fully saturated rings. The number of rotatable bonds is 1. The molecule has 1 aromatic heterocycles. The summed E-state index contributed by atoms with van der Waals surface area (Å²) in [5, 5.41) is 0.382. The van der Waals surface area contributed by atoms with Gasteiger partial charge in [0.25, 0.3) is 0 Å². The van der Waals surface area contributed by atoms with Crippen LogP contribution in [0.2, 0.25) is 5.02 Å². The molecule has 1 rings (SSSR count). The lowest BCUT2D eigenvalue weighted by Crippen LogP contribution is -1.98. The predicted octanol–water partition coefficient (Wildman–Crippen LogP) is 2.46. The van der Waals surface area contributed by atoms with Gasteiger partial charge in [0.15, 0.2) is 6.29 Å². The second kappa shape index (κ2) is 5.54. The van der Waals surface area contributed by atoms with E-state index < -0.39 is 0 Å². The highest BCUT2D eigenvalue weighted by molar-refractivity contribution is 6.34. The van der Waals surface area contributed by atoms with Crippen LogP contribution in [0.25, 0.3) is 0 Å². The van der Waals surface area contributed by atoms with E-state index in [2.05, 4.69) is 4.98 Å². The van der Waals surface area contributed by atoms with Gasteiger partial charge >= 0.3 is 0 Å². The number of hydrogen-bond donors (Lipinski definition) is 1. The van der Waals surface area contributed by atoms with E-state index >= 15 is 0 Å². The number of hydrogen-bond acceptors (Lipinski definition) is 3. The lowest BCUT2D eigenvalue weighted by molar-refractivity contribution is 0.112. The number of aryl methyl sites for hydroxylation is 1. The third kappa shape index (κ3) is 2.70. The Morgan fingerprint density at radius 1 is 1.54 bits per heavy atom. The molecular formula is C9H13ClN2O. The van der Waals surface area contributed by atoms with Crippen molar-refractivity contribution >= 4 is 23.7 Å². The first-order valence-electron chi connectivity index (χ1n) is 4.02. The van der Waals surface area contributed by atoms with Gasteiger partial charge in [0, 0.05) is 6.20 Å². The summed E-state index contributed by atoms with van der Waals surface area (Å²) >= 11 is 5.75. The molecule has 0 aliphatic rings. The van der Waals surface area contributed by atoms with E-state index in [0.29, 0.717) is 11.3 Å². The molecule has 0 aliphatic carbocycles. The fourth-order valence-corrected chi connectivity index (χ4v) is 0.920. The van der Waals surface area contributed by atoms with Gasteiger partial charge < -0.3 is 5.73 Å². The smallest absolute Gasteiger partial charge is 0.155 e. The van der Waals surface area contributed by atoms with Gasteiger partial charge in [-0.05, 0) is 12.5 Å². The fourth-order valence-electron chi connectivity index (χ4n) is 0.730. The number of nitrogens with two attached hydrogens (primary N) is 1. The van der Waals surface area contributed by atoms with Crippen LogP contribution in [-0.4, -0.2) is 11.3 Å². The maximum atomic E-state index is 10.4. The third-order valence-electron chi connectivity index (χ3n) is 1.37. The summed E-state index contributed by atoms with van der Waals surface area (Å²) < 4.78 is 0. The van der Waals surface area contributed by atoms with Gasteiger partial charge in [0.05, 0.1) is 10.6 Å². The van der Waals surface area contributed by atoms with Crippen molar-refractivity contribution in [1.29, 1.82) is 0 Å². The first-order chi connectivity index (χ1) is 6.16. The fraction of sp³-hybridized carbons (Fsp3) is 0.333. The van der Waals surface area contributed by atoms with Crippen molar-refractivity contribution in [1.82, 2.24) is 4.98 Å². The number of carbonyl (C=O) groups excluding carboxylic acids is 1. The molecule has 3 nitrogen and oxygen atoms in total. The minimum Gasteiger partial charge on any atom is -0.383 e. The van der Waals surface area contributed by atoms with E-state index in [9.17, 15) is 4.79 Å². The molecule has 0 saturated carbocycles. The summed E-state index contributed by atoms with van der Waals surface area (Å²) in [7, 11) is 0. The molecule has 1 heterocycles. The van der Waals surface area contributed by atoms with Crippen molar-refractivity contribution in [3.63, 3.8) is 0 Å². The largest absolute Gasteiger partial charge is 0.383 e. The highest BCUT2D eigenvalue weighted by Crippen LogP contribution is 2.21. The highest BCUT2D eigenvalue weighted by atomic mass is 35.5. The standard InChI is InChI=1S/C7H7ClN2O.C2H6/c1-4-2-10-7(9)5(3-11)6(4)8;1-2/h2-3H,1H3,(H2,9,10);1-2H3. The molecule has 0 aromatic carbocycles. The van der Waals surface area contributed by atoms with Gasteiger partial charge in [0.2, 0.25) is 0 Å². The maximum Gasteiger partial charge on any atom is 0.155 e. The van der Waals surface area contributed by atoms with E-state index in [1.54, 1.807) is 6.92 Å². The van der Waals surface area contributed by atoms with Crippen LogP contribution in [0.3, 0.4) is 0 Å². The van der Waals surface area contributed by atoms with Crippen molar-refractivity contribution in [3.05, 3.63) is 22.3 Å². The number of pyridine rings is 1. The molecule has 0 radical (unpaired) electrons. The molecule has 0 saturated heterocycles. The Bertz CT molecular complexity index is 300. The Balaban J connectivity index is 0.000000671. The Kier molecular flexibility index (Phi) is 5.07. The van der Waals surface area contributed by atoms with E-state index in [-0.39, 0.29) is 11.4 Å². The van der Waals surface area contributed by atoms with E-state index in [4.69, 9.17) is 17.3 Å². The van der Waals surface area contributed by atoms with Gasteiger partial charge in [-0.25, -0.2) is 4.98 Å². The summed E-state index contributed by atoms with van der Waals surface area (Å²) in [5.41, 5.74) is 6.40. The van der Waals surface area contributed by atoms with Crippen molar-refractivity contribution in [3.8, 4) is 0 Å². The molecule has 1 aromatic rings. The minimum absolute atomic E-state index is 0.176. The predicted molar refractivity (Wildman–Crippen MR) is 55.1 cm³/mol. The average molecular weight is 201 g/mol. The maximum absolute atomic E-state index is 10.4. The zero-order chi connectivity index (χ0) is 10.4. The molecule has 0 spiro atoms. The monoisotopic (exact) mass is 200 g/mol. The number of halogens is 1. The first-order valence-corrected chi connectivity index (χ1v) is 4.40. The zero-order valence-electron chi connectivity index (χ0n) is 7.97. The van der Waals surface area contributed by atoms with Crippen LogP contribution >= 0.6 is 11.6 Å². The molecule has 4 heteroatoms. The number of nitrogen functional groups attached to an aromatic ring is 1. The van der Waals surface area contributed by atoms with Crippen molar-refractivity contribution < 1.29 is 4.79 Å². The van der Waals surface area contributed by atoms with Crippen LogP contribution in [0.5, 0.6) is 0 Å². The third-order valence-corrected chi connectivity index (χ3v) is 1.88. The van der Waals surface area contributed by atoms with E-state index in [1.807, 2.05) is 13.8 Å². The Labute approximate surface area is 82.9 Å². The molecule has 0 amide bonds. The number of aldehydes is 1. The lowest BCUT2D eigenvalue weighted by atomic mass is 10.2. The number of nitrogens with zero attached hydrogens (tertiary/aromatic N) is 1.